The summed E-state index contributed by atoms with van der Waals surface area (Å²) in [5.41, 5.74) is 6.04. The summed E-state index contributed by atoms with van der Waals surface area (Å²) in [6, 6.07) is -8.17. The van der Waals surface area contributed by atoms with Crippen molar-refractivity contribution in [1.82, 2.24) is 21.3 Å². The van der Waals surface area contributed by atoms with Gasteiger partial charge in [0.2, 0.25) is 23.6 Å². The summed E-state index contributed by atoms with van der Waals surface area (Å²) in [6.45, 7) is 1.30. The van der Waals surface area contributed by atoms with Crippen LogP contribution in [0.2, 0.25) is 0 Å². The molecule has 0 saturated carbocycles. The highest BCUT2D eigenvalue weighted by Crippen LogP contribution is 2.36. The molecule has 0 bridgehead atoms. The fraction of sp³-hybridized carbons (Fsp3) is 0.911. The average molecular weight is 1150 g/mol. The molecule has 6 aliphatic heterocycles. The summed E-state index contributed by atoms with van der Waals surface area (Å²) < 4.78 is 70.6. The highest BCUT2D eigenvalue weighted by atomic mass is 16.8. The molecule has 0 aromatic carbocycles. The fourth-order valence-corrected chi connectivity index (χ4v) is 10.3. The average Bonchev–Trinajstić information content (AvgIpc) is 3.53. The van der Waals surface area contributed by atoms with Crippen LogP contribution in [-0.2, 0) is 76.0 Å². The third-order valence-corrected chi connectivity index (χ3v) is 14.3. The molecule has 0 aromatic heterocycles. The van der Waals surface area contributed by atoms with Crippen molar-refractivity contribution in [2.45, 2.75) is 219 Å². The molecule has 34 nitrogen and oxygen atoms in total. The zero-order chi connectivity index (χ0) is 58.5. The Kier molecular flexibility index (Phi) is 23.4. The minimum atomic E-state index is -2.02. The van der Waals surface area contributed by atoms with Crippen molar-refractivity contribution in [3.05, 3.63) is 0 Å². The molecular formula is C45H77N5O29. The Balaban J connectivity index is 1.23. The number of amides is 4. The zero-order valence-electron chi connectivity index (χ0n) is 43.8. The van der Waals surface area contributed by atoms with Gasteiger partial charge in [0.25, 0.3) is 0 Å². The summed E-state index contributed by atoms with van der Waals surface area (Å²) in [7, 11) is 1.21. The molecule has 6 fully saturated rings. The van der Waals surface area contributed by atoms with E-state index in [9.17, 15) is 85.6 Å². The van der Waals surface area contributed by atoms with Crippen LogP contribution in [0.3, 0.4) is 0 Å². The molecule has 0 radical (unpaired) electrons. The maximum Gasteiger partial charge on any atom is 0.217 e. The number of ether oxygens (including phenoxy) is 12. The second kappa shape index (κ2) is 28.4. The summed E-state index contributed by atoms with van der Waals surface area (Å²) >= 11 is 0. The van der Waals surface area contributed by atoms with Gasteiger partial charge in [-0.1, -0.05) is 0 Å². The van der Waals surface area contributed by atoms with Gasteiger partial charge < -0.3 is 150 Å². The molecular weight excluding hydrogens is 1070 g/mol. The number of carbonyl (C=O) groups is 4. The quantitative estimate of drug-likeness (QED) is 0.0538. The molecule has 6 aliphatic rings. The third-order valence-electron chi connectivity index (χ3n) is 14.3. The molecule has 0 aromatic rings. The van der Waals surface area contributed by atoms with Crippen LogP contribution in [0.5, 0.6) is 0 Å². The van der Waals surface area contributed by atoms with Crippen molar-refractivity contribution in [3.8, 4) is 0 Å². The van der Waals surface area contributed by atoms with E-state index in [-0.39, 0.29) is 0 Å². The standard InChI is InChI=1S/C45H77N5O29/c1-12-27(59)34(66)39(68-6)45(70-12)69-11-21-38(30(62)23(40(67)71-21)47-13(2)55)79-44-26(50-16(5)58)33(65)37(20(10-54)75-44)78-43-25(49-15(4)57)32(64)36(19(9-53)74-43)77-42-24(48-14(3)56)31(63)35(18(8-52)73-42)76-41-22(46)29(61)28(60)17(7-51)72-41/h12,17-45,51-54,59-67H,7-11,46H2,1-6H3,(H,47,55)(H,48,56)(H,49,57)(H,50,58)/t12?,17?,18?,19?,20?,21?,22?,23?,24?,25?,26?,27-,28-,29-,30-,31-,32-,33-,34?,35?,36-,37-,38-,39-,40-,41+,42+,43+,44+,45-/m1/s1. The molecule has 6 heterocycles. The van der Waals surface area contributed by atoms with Crippen LogP contribution in [-0.4, -0.2) is 314 Å². The number of nitrogens with one attached hydrogen (secondary N) is 4. The van der Waals surface area contributed by atoms with Crippen molar-refractivity contribution in [2.75, 3.05) is 40.1 Å². The summed E-state index contributed by atoms with van der Waals surface area (Å²) in [6.07, 6.45) is -41.7. The Labute approximate surface area is 451 Å². The van der Waals surface area contributed by atoms with Crippen molar-refractivity contribution < 1.29 is 142 Å². The van der Waals surface area contributed by atoms with E-state index in [1.54, 1.807) is 0 Å². The summed E-state index contributed by atoms with van der Waals surface area (Å²) in [4.78, 5) is 50.3. The number of carbonyl (C=O) groups excluding carboxylic acids is 4. The van der Waals surface area contributed by atoms with E-state index >= 15 is 0 Å². The van der Waals surface area contributed by atoms with E-state index < -0.39 is 241 Å². The van der Waals surface area contributed by atoms with Gasteiger partial charge in [-0.05, 0) is 6.92 Å². The minimum Gasteiger partial charge on any atom is -0.394 e. The smallest absolute Gasteiger partial charge is 0.217 e. The Hall–Kier alpha value is -3.16. The van der Waals surface area contributed by atoms with Crippen molar-refractivity contribution in [1.29, 1.82) is 0 Å². The van der Waals surface area contributed by atoms with Crippen LogP contribution in [0.25, 0.3) is 0 Å². The van der Waals surface area contributed by atoms with Gasteiger partial charge in [-0.15, -0.1) is 0 Å². The predicted octanol–water partition coefficient (Wildman–Crippen LogP) is -11.9. The molecule has 34 heteroatoms. The number of aliphatic hydroxyl groups is 13. The van der Waals surface area contributed by atoms with Crippen LogP contribution < -0.4 is 27.0 Å². The van der Waals surface area contributed by atoms with Gasteiger partial charge in [-0.2, -0.15) is 0 Å². The molecule has 0 spiro atoms. The van der Waals surface area contributed by atoms with Gasteiger partial charge in [0.15, 0.2) is 37.7 Å². The number of aliphatic hydroxyl groups excluding tert-OH is 13. The van der Waals surface area contributed by atoms with E-state index in [0.29, 0.717) is 0 Å². The molecule has 6 saturated heterocycles. The fourth-order valence-electron chi connectivity index (χ4n) is 10.3. The van der Waals surface area contributed by atoms with Crippen LogP contribution in [0.4, 0.5) is 0 Å². The molecule has 19 N–H and O–H groups in total. The number of methoxy groups -OCH3 is 1. The van der Waals surface area contributed by atoms with Gasteiger partial charge in [-0.25, -0.2) is 0 Å². The lowest BCUT2D eigenvalue weighted by atomic mass is 9.93. The second-order valence-corrected chi connectivity index (χ2v) is 20.0. The van der Waals surface area contributed by atoms with E-state index in [0.717, 1.165) is 27.7 Å². The van der Waals surface area contributed by atoms with Crippen LogP contribution in [0.1, 0.15) is 34.6 Å². The van der Waals surface area contributed by atoms with Crippen LogP contribution in [0.15, 0.2) is 0 Å². The van der Waals surface area contributed by atoms with Gasteiger partial charge in [0.1, 0.15) is 134 Å². The molecule has 0 aliphatic carbocycles. The first kappa shape index (κ1) is 65.0. The van der Waals surface area contributed by atoms with Gasteiger partial charge in [0.05, 0.1) is 45.2 Å². The molecule has 4 amide bonds. The Morgan fingerprint density at radius 1 is 0.418 bits per heavy atom. The summed E-state index contributed by atoms with van der Waals surface area (Å²) in [5, 5.41) is 152. The molecule has 13 unspecified atom stereocenters. The highest BCUT2D eigenvalue weighted by molar-refractivity contribution is 5.74. The normalized spacial score (nSPS) is 46.7. The maximum atomic E-state index is 12.8. The van der Waals surface area contributed by atoms with E-state index in [1.165, 1.54) is 14.0 Å². The first-order valence-electron chi connectivity index (χ1n) is 25.4. The molecule has 30 atom stereocenters. The number of nitrogens with two attached hydrogens (primary N) is 1. The van der Waals surface area contributed by atoms with Crippen LogP contribution in [0, 0.1) is 0 Å². The van der Waals surface area contributed by atoms with Crippen molar-refractivity contribution in [3.63, 3.8) is 0 Å². The highest BCUT2D eigenvalue weighted by Gasteiger charge is 2.58. The second-order valence-electron chi connectivity index (χ2n) is 20.0. The molecule has 6 rings (SSSR count). The zero-order valence-corrected chi connectivity index (χ0v) is 43.8. The first-order valence-corrected chi connectivity index (χ1v) is 25.4. The Morgan fingerprint density at radius 2 is 0.772 bits per heavy atom. The van der Waals surface area contributed by atoms with Crippen molar-refractivity contribution >= 4 is 23.6 Å². The van der Waals surface area contributed by atoms with Gasteiger partial charge in [-0.3, -0.25) is 19.2 Å². The third kappa shape index (κ3) is 14.8. The lowest BCUT2D eigenvalue weighted by Crippen LogP contribution is -2.72. The monoisotopic (exact) mass is 1150 g/mol. The number of hydrogen-bond acceptors (Lipinski definition) is 30. The Morgan fingerprint density at radius 3 is 1.15 bits per heavy atom. The minimum absolute atomic E-state index is 0.627. The predicted molar refractivity (Wildman–Crippen MR) is 251 cm³/mol. The molecule has 456 valence electrons. The summed E-state index contributed by atoms with van der Waals surface area (Å²) in [5.74, 6) is -3.12. The number of rotatable bonds is 20. The maximum absolute atomic E-state index is 12.8. The largest absolute Gasteiger partial charge is 0.394 e. The Bertz CT molecular complexity index is 1990. The lowest BCUT2D eigenvalue weighted by molar-refractivity contribution is -0.368. The molecule has 79 heavy (non-hydrogen) atoms. The van der Waals surface area contributed by atoms with E-state index in [1.807, 2.05) is 0 Å². The van der Waals surface area contributed by atoms with Crippen LogP contribution >= 0.6 is 0 Å². The lowest BCUT2D eigenvalue weighted by Gasteiger charge is -2.51. The van der Waals surface area contributed by atoms with Crippen molar-refractivity contribution in [2.24, 2.45) is 5.73 Å². The van der Waals surface area contributed by atoms with Gasteiger partial charge >= 0.3 is 0 Å². The first-order chi connectivity index (χ1) is 37.3. The van der Waals surface area contributed by atoms with E-state index in [4.69, 9.17) is 62.6 Å². The number of hydrogen-bond donors (Lipinski definition) is 18. The SMILES string of the molecule is CO[C@@H]1C(O)[C@H](O)C(C)O[C@H]1OCC1O[C@@H](O)C(NC(C)=O)[C@@H](O)[C@@H]1O[C@@H]1OC(CO)[C@@H](O[C@@H]2OC(CO)[C@@H](O[C@@H]3OC(CO)C(O[C@@H]4OC(CO)[C@@H](O)[C@H](O)C4N)[C@H](O)C3NC(C)=O)[C@H](O)C2NC(C)=O)[C@H](O)C1NC(C)=O. The van der Waals surface area contributed by atoms with Gasteiger partial charge in [0, 0.05) is 34.8 Å². The van der Waals surface area contributed by atoms with E-state index in [2.05, 4.69) is 21.3 Å². The topological polar surface area (TPSA) is 516 Å².